The predicted molar refractivity (Wildman–Crippen MR) is 88.5 cm³/mol. The summed E-state index contributed by atoms with van der Waals surface area (Å²) in [4.78, 5) is 12.0. The first-order valence-corrected chi connectivity index (χ1v) is 9.91. The van der Waals surface area contributed by atoms with Gasteiger partial charge in [0.25, 0.3) is 0 Å². The van der Waals surface area contributed by atoms with Crippen molar-refractivity contribution >= 4 is 27.3 Å². The molecule has 2 unspecified atom stereocenters. The van der Waals surface area contributed by atoms with Gasteiger partial charge in [-0.3, -0.25) is 4.79 Å². The van der Waals surface area contributed by atoms with E-state index in [2.05, 4.69) is 12.2 Å². The number of carbonyl (C=O) groups excluding carboxylic acids is 1. The number of halogens is 2. The molecule has 1 saturated carbocycles. The van der Waals surface area contributed by atoms with Gasteiger partial charge in [0, 0.05) is 16.6 Å². The molecule has 0 aromatic heterocycles. The highest BCUT2D eigenvalue weighted by atomic mass is 35.5. The number of benzene rings is 1. The Bertz CT molecular complexity index is 658. The lowest BCUT2D eigenvalue weighted by atomic mass is 9.86. The Morgan fingerprint density at radius 3 is 2.70 bits per heavy atom. The SMILES string of the molecule is CC1CCCCC1NC(=O)CS(=O)(=O)Cc1c(F)cccc1Cl. The summed E-state index contributed by atoms with van der Waals surface area (Å²) in [7, 11) is -3.78. The maximum absolute atomic E-state index is 13.7. The van der Waals surface area contributed by atoms with Gasteiger partial charge in [0.2, 0.25) is 5.91 Å². The van der Waals surface area contributed by atoms with E-state index in [0.29, 0.717) is 5.92 Å². The summed E-state index contributed by atoms with van der Waals surface area (Å²) in [5.41, 5.74) is -0.0898. The Morgan fingerprint density at radius 1 is 1.35 bits per heavy atom. The van der Waals surface area contributed by atoms with Gasteiger partial charge in [0.05, 0.1) is 5.75 Å². The van der Waals surface area contributed by atoms with E-state index in [1.54, 1.807) is 0 Å². The zero-order chi connectivity index (χ0) is 17.0. The minimum absolute atomic E-state index is 0.0171. The van der Waals surface area contributed by atoms with E-state index in [-0.39, 0.29) is 16.6 Å². The van der Waals surface area contributed by atoms with Crippen LogP contribution >= 0.6 is 11.6 Å². The maximum Gasteiger partial charge on any atom is 0.235 e. The number of hydrogen-bond donors (Lipinski definition) is 1. The lowest BCUT2D eigenvalue weighted by Gasteiger charge is -2.29. The van der Waals surface area contributed by atoms with Gasteiger partial charge in [-0.15, -0.1) is 0 Å². The maximum atomic E-state index is 13.7. The van der Waals surface area contributed by atoms with E-state index in [4.69, 9.17) is 11.6 Å². The fourth-order valence-electron chi connectivity index (χ4n) is 2.92. The molecule has 128 valence electrons. The quantitative estimate of drug-likeness (QED) is 0.876. The first-order chi connectivity index (χ1) is 10.8. The van der Waals surface area contributed by atoms with Gasteiger partial charge < -0.3 is 5.32 Å². The lowest BCUT2D eigenvalue weighted by molar-refractivity contribution is -0.119. The van der Waals surface area contributed by atoms with Crippen LogP contribution in [0.25, 0.3) is 0 Å². The van der Waals surface area contributed by atoms with Gasteiger partial charge in [0.15, 0.2) is 9.84 Å². The third-order valence-corrected chi connectivity index (χ3v) is 6.02. The number of sulfone groups is 1. The van der Waals surface area contributed by atoms with Crippen molar-refractivity contribution in [2.75, 3.05) is 5.75 Å². The van der Waals surface area contributed by atoms with Crippen molar-refractivity contribution in [3.05, 3.63) is 34.6 Å². The summed E-state index contributed by atoms with van der Waals surface area (Å²) in [5, 5.41) is 2.85. The van der Waals surface area contributed by atoms with Crippen LogP contribution in [-0.2, 0) is 20.4 Å². The summed E-state index contributed by atoms with van der Waals surface area (Å²) in [6.07, 6.45) is 4.07. The van der Waals surface area contributed by atoms with Crippen molar-refractivity contribution in [3.8, 4) is 0 Å². The highest BCUT2D eigenvalue weighted by molar-refractivity contribution is 7.91. The molecule has 0 heterocycles. The Kier molecular flexibility index (Phi) is 6.03. The van der Waals surface area contributed by atoms with Crippen molar-refractivity contribution in [3.63, 3.8) is 0 Å². The highest BCUT2D eigenvalue weighted by Gasteiger charge is 2.26. The molecule has 2 rings (SSSR count). The lowest BCUT2D eigenvalue weighted by Crippen LogP contribution is -2.43. The van der Waals surface area contributed by atoms with Crippen molar-refractivity contribution in [1.82, 2.24) is 5.32 Å². The smallest absolute Gasteiger partial charge is 0.235 e. The third-order valence-electron chi connectivity index (χ3n) is 4.23. The molecule has 0 saturated heterocycles. The first kappa shape index (κ1) is 18.2. The summed E-state index contributed by atoms with van der Waals surface area (Å²) >= 11 is 5.84. The fourth-order valence-corrected chi connectivity index (χ4v) is 4.55. The van der Waals surface area contributed by atoms with Crippen LogP contribution in [0.4, 0.5) is 4.39 Å². The molecule has 4 nitrogen and oxygen atoms in total. The molecule has 0 radical (unpaired) electrons. The monoisotopic (exact) mass is 361 g/mol. The zero-order valence-corrected chi connectivity index (χ0v) is 14.6. The second kappa shape index (κ2) is 7.62. The molecular formula is C16H21ClFNO3S. The molecule has 1 fully saturated rings. The second-order valence-corrected chi connectivity index (χ2v) is 8.64. The van der Waals surface area contributed by atoms with Gasteiger partial charge >= 0.3 is 0 Å². The van der Waals surface area contributed by atoms with Crippen molar-refractivity contribution in [1.29, 1.82) is 0 Å². The third kappa shape index (κ3) is 5.18. The molecule has 1 aromatic rings. The van der Waals surface area contributed by atoms with Gasteiger partial charge in [-0.2, -0.15) is 0 Å². The fraction of sp³-hybridized carbons (Fsp3) is 0.562. The minimum Gasteiger partial charge on any atom is -0.352 e. The molecule has 0 spiro atoms. The van der Waals surface area contributed by atoms with Crippen molar-refractivity contribution in [2.24, 2.45) is 5.92 Å². The predicted octanol–water partition coefficient (Wildman–Crippen LogP) is 3.09. The molecular weight excluding hydrogens is 341 g/mol. The zero-order valence-electron chi connectivity index (χ0n) is 13.0. The molecule has 0 aliphatic heterocycles. The average molecular weight is 362 g/mol. The van der Waals surface area contributed by atoms with Crippen molar-refractivity contribution < 1.29 is 17.6 Å². The summed E-state index contributed by atoms with van der Waals surface area (Å²) in [6, 6.07) is 4.01. The van der Waals surface area contributed by atoms with Crippen LogP contribution in [0.2, 0.25) is 5.02 Å². The number of rotatable bonds is 5. The van der Waals surface area contributed by atoms with Crippen LogP contribution in [0.1, 0.15) is 38.2 Å². The standard InChI is InChI=1S/C16H21ClFNO3S/c1-11-5-2-3-8-15(11)19-16(20)10-23(21,22)9-12-13(17)6-4-7-14(12)18/h4,6-7,11,15H,2-3,5,8-10H2,1H3,(H,19,20). The number of nitrogens with one attached hydrogen (secondary N) is 1. The van der Waals surface area contributed by atoms with Crippen LogP contribution in [0.3, 0.4) is 0 Å². The van der Waals surface area contributed by atoms with Crippen molar-refractivity contribution in [2.45, 2.75) is 44.4 Å². The largest absolute Gasteiger partial charge is 0.352 e. The van der Waals surface area contributed by atoms with E-state index in [1.807, 2.05) is 0 Å². The average Bonchev–Trinajstić information content (AvgIpc) is 2.45. The molecule has 0 bridgehead atoms. The highest BCUT2D eigenvalue weighted by Crippen LogP contribution is 2.24. The Labute approximate surface area is 141 Å². The Hall–Kier alpha value is -1.14. The molecule has 23 heavy (non-hydrogen) atoms. The van der Waals surface area contributed by atoms with Gasteiger partial charge in [-0.25, -0.2) is 12.8 Å². The summed E-state index contributed by atoms with van der Waals surface area (Å²) in [5.74, 6) is -2.09. The van der Waals surface area contributed by atoms with Crippen LogP contribution < -0.4 is 5.32 Å². The van der Waals surface area contributed by atoms with Gasteiger partial charge in [-0.1, -0.05) is 37.4 Å². The summed E-state index contributed by atoms with van der Waals surface area (Å²) < 4.78 is 38.0. The van der Waals surface area contributed by atoms with E-state index < -0.39 is 33.1 Å². The number of amides is 1. The molecule has 1 aromatic carbocycles. The van der Waals surface area contributed by atoms with Crippen LogP contribution in [0.5, 0.6) is 0 Å². The van der Waals surface area contributed by atoms with E-state index in [1.165, 1.54) is 12.1 Å². The van der Waals surface area contributed by atoms with Crippen LogP contribution in [0.15, 0.2) is 18.2 Å². The molecule has 1 aliphatic rings. The number of hydrogen-bond acceptors (Lipinski definition) is 3. The summed E-state index contributed by atoms with van der Waals surface area (Å²) in [6.45, 7) is 2.05. The van der Waals surface area contributed by atoms with Gasteiger partial charge in [0.1, 0.15) is 11.6 Å². The molecule has 2 atom stereocenters. The van der Waals surface area contributed by atoms with E-state index in [9.17, 15) is 17.6 Å². The van der Waals surface area contributed by atoms with E-state index in [0.717, 1.165) is 31.7 Å². The first-order valence-electron chi connectivity index (χ1n) is 7.71. The Morgan fingerprint density at radius 2 is 2.04 bits per heavy atom. The normalized spacial score (nSPS) is 21.9. The van der Waals surface area contributed by atoms with E-state index >= 15 is 0 Å². The molecule has 1 aliphatic carbocycles. The minimum atomic E-state index is -3.78. The second-order valence-electron chi connectivity index (χ2n) is 6.17. The molecule has 7 heteroatoms. The molecule has 1 N–H and O–H groups in total. The topological polar surface area (TPSA) is 63.2 Å². The Balaban J connectivity index is 1.99. The van der Waals surface area contributed by atoms with Crippen LogP contribution in [-0.4, -0.2) is 26.1 Å². The van der Waals surface area contributed by atoms with Crippen LogP contribution in [0, 0.1) is 11.7 Å². The molecule has 1 amide bonds. The van der Waals surface area contributed by atoms with Gasteiger partial charge in [-0.05, 0) is 30.9 Å². The number of carbonyl (C=O) groups is 1.